The maximum atomic E-state index is 13.1. The zero-order chi connectivity index (χ0) is 15.9. The molecule has 3 rings (SSSR count). The SMILES string of the molecule is Cc1nnc2ccc(S(=O)(=O)Nc3cc(F)cc(F)c3)cn12. The quantitative estimate of drug-likeness (QED) is 0.800. The minimum atomic E-state index is -3.99. The second-order valence-corrected chi connectivity index (χ2v) is 6.29. The van der Waals surface area contributed by atoms with Crippen LogP contribution in [0.2, 0.25) is 0 Å². The van der Waals surface area contributed by atoms with Crippen LogP contribution in [0, 0.1) is 18.6 Å². The highest BCUT2D eigenvalue weighted by Crippen LogP contribution is 2.19. The maximum absolute atomic E-state index is 13.1. The third kappa shape index (κ3) is 2.62. The van der Waals surface area contributed by atoms with E-state index in [0.29, 0.717) is 17.5 Å². The number of fused-ring (bicyclic) bond motifs is 1. The Bertz CT molecular complexity index is 949. The molecule has 0 saturated heterocycles. The van der Waals surface area contributed by atoms with Crippen molar-refractivity contribution in [3.63, 3.8) is 0 Å². The lowest BCUT2D eigenvalue weighted by molar-refractivity contribution is 0.584. The van der Waals surface area contributed by atoms with Gasteiger partial charge in [0.25, 0.3) is 10.0 Å². The summed E-state index contributed by atoms with van der Waals surface area (Å²) in [7, 11) is -3.99. The first-order chi connectivity index (χ1) is 10.3. The minimum absolute atomic E-state index is 0.0763. The summed E-state index contributed by atoms with van der Waals surface area (Å²) in [6.07, 6.45) is 1.34. The van der Waals surface area contributed by atoms with Crippen molar-refractivity contribution in [1.29, 1.82) is 0 Å². The van der Waals surface area contributed by atoms with E-state index in [1.807, 2.05) is 0 Å². The van der Waals surface area contributed by atoms with Crippen LogP contribution < -0.4 is 4.72 Å². The Kier molecular flexibility index (Phi) is 3.28. The predicted molar refractivity (Wildman–Crippen MR) is 74.9 cm³/mol. The van der Waals surface area contributed by atoms with Gasteiger partial charge < -0.3 is 0 Å². The summed E-state index contributed by atoms with van der Waals surface area (Å²) < 4.78 is 54.5. The number of rotatable bonds is 3. The van der Waals surface area contributed by atoms with Crippen LogP contribution in [0.25, 0.3) is 5.65 Å². The molecule has 22 heavy (non-hydrogen) atoms. The third-order valence-corrected chi connectivity index (χ3v) is 4.34. The fraction of sp³-hybridized carbons (Fsp3) is 0.0769. The van der Waals surface area contributed by atoms with Crippen LogP contribution in [-0.2, 0) is 10.0 Å². The fourth-order valence-electron chi connectivity index (χ4n) is 1.97. The van der Waals surface area contributed by atoms with Crippen molar-refractivity contribution in [1.82, 2.24) is 14.6 Å². The summed E-state index contributed by atoms with van der Waals surface area (Å²) in [4.78, 5) is -0.0763. The number of nitrogens with zero attached hydrogens (tertiary/aromatic N) is 3. The predicted octanol–water partition coefficient (Wildman–Crippen LogP) is 2.12. The van der Waals surface area contributed by atoms with E-state index in [-0.39, 0.29) is 10.6 Å². The van der Waals surface area contributed by atoms with Gasteiger partial charge in [0, 0.05) is 12.3 Å². The average Bonchev–Trinajstić information content (AvgIpc) is 2.78. The van der Waals surface area contributed by atoms with E-state index in [2.05, 4.69) is 14.9 Å². The Labute approximate surface area is 124 Å². The monoisotopic (exact) mass is 324 g/mol. The minimum Gasteiger partial charge on any atom is -0.285 e. The smallest absolute Gasteiger partial charge is 0.263 e. The van der Waals surface area contributed by atoms with Crippen molar-refractivity contribution >= 4 is 21.4 Å². The van der Waals surface area contributed by atoms with E-state index >= 15 is 0 Å². The normalized spacial score (nSPS) is 11.8. The molecule has 0 aliphatic rings. The van der Waals surface area contributed by atoms with Gasteiger partial charge in [0.2, 0.25) is 0 Å². The molecule has 0 unspecified atom stereocenters. The van der Waals surface area contributed by atoms with Gasteiger partial charge in [-0.1, -0.05) is 0 Å². The molecule has 0 bridgehead atoms. The summed E-state index contributed by atoms with van der Waals surface area (Å²) in [5, 5.41) is 7.67. The molecular weight excluding hydrogens is 314 g/mol. The largest absolute Gasteiger partial charge is 0.285 e. The molecule has 1 N–H and O–H groups in total. The number of hydrogen-bond donors (Lipinski definition) is 1. The van der Waals surface area contributed by atoms with Crippen molar-refractivity contribution in [3.8, 4) is 0 Å². The second-order valence-electron chi connectivity index (χ2n) is 4.60. The van der Waals surface area contributed by atoms with Gasteiger partial charge in [-0.25, -0.2) is 17.2 Å². The summed E-state index contributed by atoms with van der Waals surface area (Å²) in [6.45, 7) is 1.67. The molecular formula is C13H10F2N4O2S. The van der Waals surface area contributed by atoms with Gasteiger partial charge in [-0.2, -0.15) is 0 Å². The molecule has 2 aromatic heterocycles. The number of pyridine rings is 1. The molecule has 3 aromatic rings. The van der Waals surface area contributed by atoms with E-state index in [4.69, 9.17) is 0 Å². The molecule has 1 aromatic carbocycles. The highest BCUT2D eigenvalue weighted by atomic mass is 32.2. The van der Waals surface area contributed by atoms with Gasteiger partial charge >= 0.3 is 0 Å². The van der Waals surface area contributed by atoms with E-state index < -0.39 is 21.7 Å². The van der Waals surface area contributed by atoms with Crippen LogP contribution in [0.1, 0.15) is 5.82 Å². The Morgan fingerprint density at radius 3 is 2.45 bits per heavy atom. The summed E-state index contributed by atoms with van der Waals surface area (Å²) in [5.41, 5.74) is 0.298. The van der Waals surface area contributed by atoms with Crippen molar-refractivity contribution in [3.05, 3.63) is 54.0 Å². The summed E-state index contributed by atoms with van der Waals surface area (Å²) in [6, 6.07) is 5.26. The molecule has 0 amide bonds. The van der Waals surface area contributed by atoms with Crippen molar-refractivity contribution in [2.24, 2.45) is 0 Å². The lowest BCUT2D eigenvalue weighted by atomic mass is 10.3. The van der Waals surface area contributed by atoms with Crippen molar-refractivity contribution in [2.75, 3.05) is 4.72 Å². The lowest BCUT2D eigenvalue weighted by Crippen LogP contribution is -2.14. The zero-order valence-electron chi connectivity index (χ0n) is 11.3. The molecule has 9 heteroatoms. The van der Waals surface area contributed by atoms with Crippen LogP contribution in [0.5, 0.6) is 0 Å². The Balaban J connectivity index is 2.02. The van der Waals surface area contributed by atoms with E-state index in [9.17, 15) is 17.2 Å². The Morgan fingerprint density at radius 2 is 1.77 bits per heavy atom. The summed E-state index contributed by atoms with van der Waals surface area (Å²) in [5.74, 6) is -1.23. The summed E-state index contributed by atoms with van der Waals surface area (Å²) >= 11 is 0. The van der Waals surface area contributed by atoms with E-state index in [1.165, 1.54) is 22.7 Å². The van der Waals surface area contributed by atoms with Gasteiger partial charge in [-0.15, -0.1) is 10.2 Å². The van der Waals surface area contributed by atoms with Gasteiger partial charge in [0.05, 0.1) is 5.69 Å². The third-order valence-electron chi connectivity index (χ3n) is 2.97. The molecule has 2 heterocycles. The first kappa shape index (κ1) is 14.4. The number of aryl methyl sites for hydroxylation is 1. The number of anilines is 1. The standard InChI is InChI=1S/C13H10F2N4O2S/c1-8-16-17-13-3-2-12(7-19(8)13)22(20,21)18-11-5-9(14)4-10(15)6-11/h2-7,18H,1H3. The van der Waals surface area contributed by atoms with Gasteiger partial charge in [-0.05, 0) is 31.2 Å². The fourth-order valence-corrected chi connectivity index (χ4v) is 3.01. The van der Waals surface area contributed by atoms with Crippen LogP contribution in [0.3, 0.4) is 0 Å². The molecule has 0 aliphatic heterocycles. The van der Waals surface area contributed by atoms with Gasteiger partial charge in [0.1, 0.15) is 22.4 Å². The number of sulfonamides is 1. The van der Waals surface area contributed by atoms with Gasteiger partial charge in [0.15, 0.2) is 5.65 Å². The molecule has 0 saturated carbocycles. The molecule has 0 aliphatic carbocycles. The van der Waals surface area contributed by atoms with Crippen LogP contribution in [-0.4, -0.2) is 23.0 Å². The van der Waals surface area contributed by atoms with Crippen LogP contribution in [0.15, 0.2) is 41.4 Å². The number of benzene rings is 1. The number of hydrogen-bond acceptors (Lipinski definition) is 4. The molecule has 0 fully saturated rings. The number of halogens is 2. The van der Waals surface area contributed by atoms with Crippen molar-refractivity contribution < 1.29 is 17.2 Å². The number of aromatic nitrogens is 3. The molecule has 0 spiro atoms. The first-order valence-corrected chi connectivity index (χ1v) is 7.64. The van der Waals surface area contributed by atoms with E-state index in [0.717, 1.165) is 12.1 Å². The maximum Gasteiger partial charge on any atom is 0.263 e. The molecule has 6 nitrogen and oxygen atoms in total. The van der Waals surface area contributed by atoms with E-state index in [1.54, 1.807) is 6.92 Å². The van der Waals surface area contributed by atoms with Crippen LogP contribution in [0.4, 0.5) is 14.5 Å². The van der Waals surface area contributed by atoms with Crippen molar-refractivity contribution in [2.45, 2.75) is 11.8 Å². The van der Waals surface area contributed by atoms with Gasteiger partial charge in [-0.3, -0.25) is 9.12 Å². The lowest BCUT2D eigenvalue weighted by Gasteiger charge is -2.09. The van der Waals surface area contributed by atoms with Crippen LogP contribution >= 0.6 is 0 Å². The molecule has 114 valence electrons. The molecule has 0 atom stereocenters. The molecule has 0 radical (unpaired) electrons. The first-order valence-electron chi connectivity index (χ1n) is 6.15. The Morgan fingerprint density at radius 1 is 1.09 bits per heavy atom. The highest BCUT2D eigenvalue weighted by Gasteiger charge is 2.17. The topological polar surface area (TPSA) is 76.4 Å². The second kappa shape index (κ2) is 5.02. The Hall–Kier alpha value is -2.55. The average molecular weight is 324 g/mol. The highest BCUT2D eigenvalue weighted by molar-refractivity contribution is 7.92. The number of nitrogens with one attached hydrogen (secondary N) is 1. The zero-order valence-corrected chi connectivity index (χ0v) is 12.1.